The summed E-state index contributed by atoms with van der Waals surface area (Å²) in [5, 5.41) is 6.49. The number of hydrogen-bond donors (Lipinski definition) is 2. The first-order valence-electron chi connectivity index (χ1n) is 4.88. The van der Waals surface area contributed by atoms with Crippen molar-refractivity contribution in [3.63, 3.8) is 0 Å². The van der Waals surface area contributed by atoms with Gasteiger partial charge in [-0.15, -0.1) is 0 Å². The summed E-state index contributed by atoms with van der Waals surface area (Å²) in [5.74, 6) is 0.643. The molecule has 0 saturated carbocycles. The lowest BCUT2D eigenvalue weighted by Gasteiger charge is -2.11. The van der Waals surface area contributed by atoms with E-state index in [1.54, 1.807) is 6.07 Å². The molecule has 0 fully saturated rings. The molecular formula is C11H12FN3O2. The zero-order valence-electron chi connectivity index (χ0n) is 9.45. The maximum absolute atomic E-state index is 13.4. The van der Waals surface area contributed by atoms with E-state index < -0.39 is 5.82 Å². The molecule has 0 spiro atoms. The second-order valence-corrected chi connectivity index (χ2v) is 3.40. The third kappa shape index (κ3) is 2.01. The first-order chi connectivity index (χ1) is 8.15. The van der Waals surface area contributed by atoms with Crippen molar-refractivity contribution in [3.05, 3.63) is 24.0 Å². The predicted molar refractivity (Wildman–Crippen MR) is 61.5 cm³/mol. The van der Waals surface area contributed by atoms with Crippen LogP contribution in [0.1, 0.15) is 0 Å². The van der Waals surface area contributed by atoms with Gasteiger partial charge in [-0.2, -0.15) is 5.10 Å². The normalized spacial score (nSPS) is 10.3. The summed E-state index contributed by atoms with van der Waals surface area (Å²) >= 11 is 0. The number of nitrogens with zero attached hydrogens (tertiary/aromatic N) is 1. The fourth-order valence-corrected chi connectivity index (χ4v) is 1.61. The van der Waals surface area contributed by atoms with Gasteiger partial charge in [-0.1, -0.05) is 0 Å². The highest BCUT2D eigenvalue weighted by atomic mass is 19.1. The van der Waals surface area contributed by atoms with Crippen LogP contribution in [-0.2, 0) is 0 Å². The first-order valence-corrected chi connectivity index (χ1v) is 4.88. The van der Waals surface area contributed by atoms with E-state index in [1.165, 1.54) is 26.4 Å². The van der Waals surface area contributed by atoms with E-state index in [0.29, 0.717) is 28.6 Å². The maximum Gasteiger partial charge on any atom is 0.170 e. The van der Waals surface area contributed by atoms with E-state index in [4.69, 9.17) is 15.2 Å². The minimum Gasteiger partial charge on any atom is -0.493 e. The zero-order chi connectivity index (χ0) is 12.4. The van der Waals surface area contributed by atoms with Crippen LogP contribution in [0.15, 0.2) is 18.2 Å². The van der Waals surface area contributed by atoms with Gasteiger partial charge in [-0.25, -0.2) is 4.39 Å². The Kier molecular flexibility index (Phi) is 2.86. The summed E-state index contributed by atoms with van der Waals surface area (Å²) in [6.07, 6.45) is 0. The molecule has 90 valence electrons. The van der Waals surface area contributed by atoms with E-state index in [0.717, 1.165) is 0 Å². The van der Waals surface area contributed by atoms with E-state index >= 15 is 0 Å². The van der Waals surface area contributed by atoms with Crippen LogP contribution in [-0.4, -0.2) is 24.4 Å². The highest BCUT2D eigenvalue weighted by molar-refractivity contribution is 5.72. The van der Waals surface area contributed by atoms with E-state index in [1.807, 2.05) is 0 Å². The lowest BCUT2D eigenvalue weighted by Crippen LogP contribution is -1.95. The topological polar surface area (TPSA) is 73.2 Å². The molecular weight excluding hydrogens is 225 g/mol. The van der Waals surface area contributed by atoms with Gasteiger partial charge >= 0.3 is 0 Å². The molecule has 0 saturated heterocycles. The molecule has 0 amide bonds. The lowest BCUT2D eigenvalue weighted by atomic mass is 10.1. The molecule has 5 nitrogen and oxygen atoms in total. The summed E-state index contributed by atoms with van der Waals surface area (Å²) in [4.78, 5) is 0. The van der Waals surface area contributed by atoms with E-state index in [9.17, 15) is 4.39 Å². The molecule has 17 heavy (non-hydrogen) atoms. The van der Waals surface area contributed by atoms with Gasteiger partial charge in [-0.05, 0) is 6.07 Å². The predicted octanol–water partition coefficient (Wildman–Crippen LogP) is 1.82. The quantitative estimate of drug-likeness (QED) is 0.853. The summed E-state index contributed by atoms with van der Waals surface area (Å²) in [6, 6.07) is 4.17. The Morgan fingerprint density at radius 2 is 2.00 bits per heavy atom. The molecule has 0 atom stereocenters. The van der Waals surface area contributed by atoms with Crippen molar-refractivity contribution < 1.29 is 13.9 Å². The molecule has 0 radical (unpaired) electrons. The number of rotatable bonds is 3. The standard InChI is InChI=1S/C11H12FN3O2/c1-16-9-4-6(12)3-7(11(9)17-2)8-5-10(13)15-14-8/h3-5H,1-2H3,(H3,13,14,15). The van der Waals surface area contributed by atoms with Crippen LogP contribution in [0, 0.1) is 5.82 Å². The van der Waals surface area contributed by atoms with Gasteiger partial charge in [0.1, 0.15) is 11.6 Å². The molecule has 0 aliphatic carbocycles. The third-order valence-electron chi connectivity index (χ3n) is 2.33. The zero-order valence-corrected chi connectivity index (χ0v) is 9.45. The van der Waals surface area contributed by atoms with Gasteiger partial charge in [0.15, 0.2) is 11.5 Å². The molecule has 0 unspecified atom stereocenters. The summed E-state index contributed by atoms with van der Waals surface area (Å²) in [7, 11) is 2.93. The van der Waals surface area contributed by atoms with Crippen LogP contribution >= 0.6 is 0 Å². The highest BCUT2D eigenvalue weighted by Gasteiger charge is 2.15. The fourth-order valence-electron chi connectivity index (χ4n) is 1.61. The number of methoxy groups -OCH3 is 2. The smallest absolute Gasteiger partial charge is 0.170 e. The number of nitrogen functional groups attached to an aromatic ring is 1. The Hall–Kier alpha value is -2.24. The lowest BCUT2D eigenvalue weighted by molar-refractivity contribution is 0.353. The molecule has 2 rings (SSSR count). The Balaban J connectivity index is 2.63. The number of aromatic amines is 1. The molecule has 0 aliphatic rings. The number of nitrogens with one attached hydrogen (secondary N) is 1. The van der Waals surface area contributed by atoms with Crippen molar-refractivity contribution in [2.45, 2.75) is 0 Å². The average Bonchev–Trinajstić information content (AvgIpc) is 2.74. The number of benzene rings is 1. The van der Waals surface area contributed by atoms with Crippen molar-refractivity contribution in [1.82, 2.24) is 10.2 Å². The van der Waals surface area contributed by atoms with Gasteiger partial charge < -0.3 is 15.2 Å². The monoisotopic (exact) mass is 237 g/mol. The number of hydrogen-bond acceptors (Lipinski definition) is 4. The van der Waals surface area contributed by atoms with Crippen molar-refractivity contribution in [2.75, 3.05) is 20.0 Å². The molecule has 1 aromatic carbocycles. The number of aromatic nitrogens is 2. The van der Waals surface area contributed by atoms with Gasteiger partial charge in [0.2, 0.25) is 0 Å². The fraction of sp³-hybridized carbons (Fsp3) is 0.182. The maximum atomic E-state index is 13.4. The Bertz CT molecular complexity index is 540. The number of nitrogens with two attached hydrogens (primary N) is 1. The van der Waals surface area contributed by atoms with Crippen LogP contribution < -0.4 is 15.2 Å². The van der Waals surface area contributed by atoms with Crippen LogP contribution in [0.4, 0.5) is 10.2 Å². The number of anilines is 1. The van der Waals surface area contributed by atoms with Crippen LogP contribution in [0.5, 0.6) is 11.5 Å². The summed E-state index contributed by atoms with van der Waals surface area (Å²) in [5.41, 5.74) is 6.58. The number of ether oxygens (including phenoxy) is 2. The molecule has 0 aliphatic heterocycles. The van der Waals surface area contributed by atoms with E-state index in [2.05, 4.69) is 10.2 Å². The van der Waals surface area contributed by atoms with E-state index in [-0.39, 0.29) is 0 Å². The number of halogens is 1. The van der Waals surface area contributed by atoms with Crippen LogP contribution in [0.2, 0.25) is 0 Å². The molecule has 0 bridgehead atoms. The summed E-state index contributed by atoms with van der Waals surface area (Å²) < 4.78 is 23.7. The third-order valence-corrected chi connectivity index (χ3v) is 2.33. The van der Waals surface area contributed by atoms with Gasteiger partial charge in [0, 0.05) is 17.7 Å². The van der Waals surface area contributed by atoms with Crippen molar-refractivity contribution in [2.24, 2.45) is 0 Å². The largest absolute Gasteiger partial charge is 0.493 e. The Morgan fingerprint density at radius 1 is 1.24 bits per heavy atom. The summed E-state index contributed by atoms with van der Waals surface area (Å²) in [6.45, 7) is 0. The second kappa shape index (κ2) is 4.32. The Morgan fingerprint density at radius 3 is 2.53 bits per heavy atom. The van der Waals surface area contributed by atoms with Gasteiger partial charge in [0.25, 0.3) is 0 Å². The number of H-pyrrole nitrogens is 1. The van der Waals surface area contributed by atoms with Crippen molar-refractivity contribution >= 4 is 5.82 Å². The second-order valence-electron chi connectivity index (χ2n) is 3.40. The van der Waals surface area contributed by atoms with Crippen molar-refractivity contribution in [1.29, 1.82) is 0 Å². The average molecular weight is 237 g/mol. The van der Waals surface area contributed by atoms with Crippen molar-refractivity contribution in [3.8, 4) is 22.8 Å². The van der Waals surface area contributed by atoms with Crippen LogP contribution in [0.3, 0.4) is 0 Å². The molecule has 3 N–H and O–H groups in total. The molecule has 1 heterocycles. The minimum atomic E-state index is -0.425. The molecule has 6 heteroatoms. The van der Waals surface area contributed by atoms with Gasteiger partial charge in [-0.3, -0.25) is 5.10 Å². The van der Waals surface area contributed by atoms with Crippen LogP contribution in [0.25, 0.3) is 11.3 Å². The first kappa shape index (κ1) is 11.3. The molecule has 2 aromatic rings. The Labute approximate surface area is 97.3 Å². The highest BCUT2D eigenvalue weighted by Crippen LogP contribution is 2.38. The SMILES string of the molecule is COc1cc(F)cc(-c2cc(N)n[nH]2)c1OC. The minimum absolute atomic E-state index is 0.315. The van der Waals surface area contributed by atoms with Gasteiger partial charge in [0.05, 0.1) is 19.9 Å². The molecule has 1 aromatic heterocycles.